The molecule has 3 heteroatoms. The molecule has 0 aliphatic heterocycles. The SMILES string of the molecule is Cc1cc(I)cc(COc2ccc(CCN)cc2)c1. The molecule has 0 aliphatic rings. The van der Waals surface area contributed by atoms with E-state index in [9.17, 15) is 0 Å². The number of halogens is 1. The Morgan fingerprint density at radius 3 is 2.42 bits per heavy atom. The maximum atomic E-state index is 5.80. The zero-order chi connectivity index (χ0) is 13.7. The highest BCUT2D eigenvalue weighted by atomic mass is 127. The standard InChI is InChI=1S/C16H18INO/c1-12-8-14(10-15(17)9-12)11-19-16-4-2-13(3-5-16)6-7-18/h2-5,8-10H,6-7,11,18H2,1H3. The zero-order valence-electron chi connectivity index (χ0n) is 11.0. The third-order valence-corrected chi connectivity index (χ3v) is 3.49. The van der Waals surface area contributed by atoms with E-state index < -0.39 is 0 Å². The Labute approximate surface area is 128 Å². The molecule has 0 aromatic heterocycles. The number of aryl methyl sites for hydroxylation is 1. The van der Waals surface area contributed by atoms with E-state index >= 15 is 0 Å². The fourth-order valence-electron chi connectivity index (χ4n) is 1.98. The predicted molar refractivity (Wildman–Crippen MR) is 87.4 cm³/mol. The van der Waals surface area contributed by atoms with Gasteiger partial charge in [-0.05, 0) is 83.4 Å². The Balaban J connectivity index is 1.98. The summed E-state index contributed by atoms with van der Waals surface area (Å²) in [5, 5.41) is 0. The van der Waals surface area contributed by atoms with Crippen LogP contribution in [0.15, 0.2) is 42.5 Å². The molecule has 2 aromatic rings. The molecule has 0 aliphatic carbocycles. The number of ether oxygens (including phenoxy) is 1. The van der Waals surface area contributed by atoms with E-state index in [1.807, 2.05) is 12.1 Å². The van der Waals surface area contributed by atoms with Gasteiger partial charge in [0.2, 0.25) is 0 Å². The summed E-state index contributed by atoms with van der Waals surface area (Å²) in [6.07, 6.45) is 0.913. The van der Waals surface area contributed by atoms with Crippen LogP contribution in [-0.4, -0.2) is 6.54 Å². The van der Waals surface area contributed by atoms with Gasteiger partial charge in [-0.1, -0.05) is 18.2 Å². The maximum Gasteiger partial charge on any atom is 0.119 e. The smallest absolute Gasteiger partial charge is 0.119 e. The number of hydrogen-bond donors (Lipinski definition) is 1. The van der Waals surface area contributed by atoms with Crippen LogP contribution in [0.3, 0.4) is 0 Å². The molecular formula is C16H18INO. The molecule has 0 amide bonds. The topological polar surface area (TPSA) is 35.2 Å². The Morgan fingerprint density at radius 1 is 1.05 bits per heavy atom. The van der Waals surface area contributed by atoms with Gasteiger partial charge in [-0.25, -0.2) is 0 Å². The Bertz CT molecular complexity index is 517. The van der Waals surface area contributed by atoms with Crippen molar-refractivity contribution in [1.29, 1.82) is 0 Å². The van der Waals surface area contributed by atoms with Gasteiger partial charge in [0.05, 0.1) is 0 Å². The lowest BCUT2D eigenvalue weighted by atomic mass is 10.1. The molecule has 0 saturated heterocycles. The first-order valence-electron chi connectivity index (χ1n) is 6.35. The Morgan fingerprint density at radius 2 is 1.79 bits per heavy atom. The monoisotopic (exact) mass is 367 g/mol. The highest BCUT2D eigenvalue weighted by Gasteiger charge is 1.99. The largest absolute Gasteiger partial charge is 0.489 e. The van der Waals surface area contributed by atoms with Gasteiger partial charge in [0.15, 0.2) is 0 Å². The van der Waals surface area contributed by atoms with Crippen LogP contribution >= 0.6 is 22.6 Å². The molecule has 0 unspecified atom stereocenters. The number of hydrogen-bond acceptors (Lipinski definition) is 2. The van der Waals surface area contributed by atoms with Crippen LogP contribution in [0.1, 0.15) is 16.7 Å². The van der Waals surface area contributed by atoms with Crippen LogP contribution in [0.25, 0.3) is 0 Å². The van der Waals surface area contributed by atoms with Gasteiger partial charge < -0.3 is 10.5 Å². The second-order valence-electron chi connectivity index (χ2n) is 4.61. The average molecular weight is 367 g/mol. The highest BCUT2D eigenvalue weighted by Crippen LogP contribution is 2.17. The molecule has 2 rings (SSSR count). The minimum absolute atomic E-state index is 0.605. The normalized spacial score (nSPS) is 10.5. The van der Waals surface area contributed by atoms with E-state index in [4.69, 9.17) is 10.5 Å². The summed E-state index contributed by atoms with van der Waals surface area (Å²) in [6, 6.07) is 14.6. The molecule has 0 saturated carbocycles. The summed E-state index contributed by atoms with van der Waals surface area (Å²) >= 11 is 2.33. The quantitative estimate of drug-likeness (QED) is 0.819. The van der Waals surface area contributed by atoms with Crippen molar-refractivity contribution in [1.82, 2.24) is 0 Å². The van der Waals surface area contributed by atoms with Gasteiger partial charge in [0.25, 0.3) is 0 Å². The fraction of sp³-hybridized carbons (Fsp3) is 0.250. The van der Waals surface area contributed by atoms with Crippen LogP contribution < -0.4 is 10.5 Å². The molecule has 2 aromatic carbocycles. The van der Waals surface area contributed by atoms with E-state index in [1.165, 1.54) is 20.3 Å². The molecule has 0 spiro atoms. The van der Waals surface area contributed by atoms with Crippen molar-refractivity contribution in [2.45, 2.75) is 20.0 Å². The number of benzene rings is 2. The van der Waals surface area contributed by atoms with Crippen LogP contribution in [0, 0.1) is 10.5 Å². The summed E-state index contributed by atoms with van der Waals surface area (Å²) < 4.78 is 7.05. The second-order valence-corrected chi connectivity index (χ2v) is 5.85. The zero-order valence-corrected chi connectivity index (χ0v) is 13.2. The molecule has 2 nitrogen and oxygen atoms in total. The van der Waals surface area contributed by atoms with Crippen LogP contribution in [0.5, 0.6) is 5.75 Å². The molecule has 100 valence electrons. The fourth-order valence-corrected chi connectivity index (χ4v) is 2.87. The third kappa shape index (κ3) is 4.51. The van der Waals surface area contributed by atoms with Crippen molar-refractivity contribution in [3.63, 3.8) is 0 Å². The Hall–Kier alpha value is -1.07. The average Bonchev–Trinajstić information content (AvgIpc) is 2.37. The lowest BCUT2D eigenvalue weighted by molar-refractivity contribution is 0.306. The molecule has 0 radical (unpaired) electrons. The van der Waals surface area contributed by atoms with Crippen LogP contribution in [-0.2, 0) is 13.0 Å². The van der Waals surface area contributed by atoms with Crippen molar-refractivity contribution < 1.29 is 4.74 Å². The molecule has 0 heterocycles. The van der Waals surface area contributed by atoms with Crippen molar-refractivity contribution >= 4 is 22.6 Å². The minimum Gasteiger partial charge on any atom is -0.489 e. The second kappa shape index (κ2) is 6.91. The molecular weight excluding hydrogens is 349 g/mol. The van der Waals surface area contributed by atoms with Crippen molar-refractivity contribution in [2.75, 3.05) is 6.54 Å². The summed E-state index contributed by atoms with van der Waals surface area (Å²) in [4.78, 5) is 0. The van der Waals surface area contributed by atoms with E-state index in [2.05, 4.69) is 59.8 Å². The first kappa shape index (κ1) is 14.3. The summed E-state index contributed by atoms with van der Waals surface area (Å²) in [5.41, 5.74) is 9.25. The highest BCUT2D eigenvalue weighted by molar-refractivity contribution is 14.1. The number of nitrogens with two attached hydrogens (primary N) is 1. The van der Waals surface area contributed by atoms with Crippen LogP contribution in [0.4, 0.5) is 0 Å². The van der Waals surface area contributed by atoms with Crippen molar-refractivity contribution in [2.24, 2.45) is 5.73 Å². The van der Waals surface area contributed by atoms with Gasteiger partial charge in [-0.15, -0.1) is 0 Å². The van der Waals surface area contributed by atoms with Gasteiger partial charge in [0, 0.05) is 3.57 Å². The van der Waals surface area contributed by atoms with Crippen LogP contribution in [0.2, 0.25) is 0 Å². The van der Waals surface area contributed by atoms with Gasteiger partial charge in [0.1, 0.15) is 12.4 Å². The summed E-state index contributed by atoms with van der Waals surface area (Å²) in [5.74, 6) is 0.900. The molecule has 2 N–H and O–H groups in total. The van der Waals surface area contributed by atoms with Crippen molar-refractivity contribution in [3.8, 4) is 5.75 Å². The van der Waals surface area contributed by atoms with Gasteiger partial charge in [-0.2, -0.15) is 0 Å². The first-order chi connectivity index (χ1) is 9.17. The van der Waals surface area contributed by atoms with E-state index in [0.29, 0.717) is 13.2 Å². The minimum atomic E-state index is 0.605. The Kier molecular flexibility index (Phi) is 5.22. The van der Waals surface area contributed by atoms with Crippen molar-refractivity contribution in [3.05, 3.63) is 62.7 Å². The summed E-state index contributed by atoms with van der Waals surface area (Å²) in [6.45, 7) is 3.39. The molecule has 0 atom stereocenters. The lowest BCUT2D eigenvalue weighted by Gasteiger charge is -2.08. The third-order valence-electron chi connectivity index (χ3n) is 2.86. The lowest BCUT2D eigenvalue weighted by Crippen LogP contribution is -2.02. The molecule has 0 fully saturated rings. The predicted octanol–water partition coefficient (Wildman–Crippen LogP) is 3.68. The van der Waals surface area contributed by atoms with Gasteiger partial charge in [-0.3, -0.25) is 0 Å². The van der Waals surface area contributed by atoms with E-state index in [1.54, 1.807) is 0 Å². The number of rotatable bonds is 5. The molecule has 0 bridgehead atoms. The molecule has 19 heavy (non-hydrogen) atoms. The maximum absolute atomic E-state index is 5.80. The van der Waals surface area contributed by atoms with E-state index in [-0.39, 0.29) is 0 Å². The summed E-state index contributed by atoms with van der Waals surface area (Å²) in [7, 11) is 0. The van der Waals surface area contributed by atoms with E-state index in [0.717, 1.165) is 12.2 Å². The first-order valence-corrected chi connectivity index (χ1v) is 7.43. The van der Waals surface area contributed by atoms with Gasteiger partial charge >= 0.3 is 0 Å².